The smallest absolute Gasteiger partial charge is 0.159 e. The average molecular weight is 628 g/mol. The summed E-state index contributed by atoms with van der Waals surface area (Å²) in [4.78, 5) is 13.0. The molecule has 8 heteroatoms. The number of halogens is 1. The van der Waals surface area contributed by atoms with Crippen molar-refractivity contribution in [1.82, 2.24) is 35.3 Å². The molecule has 0 atom stereocenters. The van der Waals surface area contributed by atoms with Crippen LogP contribution in [0, 0.1) is 12.8 Å². The number of aromatic nitrogens is 4. The molecule has 1 aliphatic heterocycles. The minimum atomic E-state index is -0.475. The first-order valence-corrected chi connectivity index (χ1v) is 16.6. The lowest BCUT2D eigenvalue weighted by molar-refractivity contribution is 0.207. The summed E-state index contributed by atoms with van der Waals surface area (Å²) in [5.74, 6) is 0.444. The van der Waals surface area contributed by atoms with E-state index in [1.165, 1.54) is 19.3 Å². The predicted molar refractivity (Wildman–Crippen MR) is 193 cm³/mol. The van der Waals surface area contributed by atoms with Gasteiger partial charge in [0.05, 0.1) is 16.3 Å². The maximum atomic E-state index is 16.5. The van der Waals surface area contributed by atoms with Gasteiger partial charge in [0, 0.05) is 48.8 Å². The third kappa shape index (κ3) is 8.55. The van der Waals surface area contributed by atoms with Gasteiger partial charge in [-0.25, -0.2) is 9.37 Å². The van der Waals surface area contributed by atoms with E-state index in [1.54, 1.807) is 18.2 Å². The van der Waals surface area contributed by atoms with E-state index in [0.717, 1.165) is 67.5 Å². The van der Waals surface area contributed by atoms with Gasteiger partial charge in [0.1, 0.15) is 17.2 Å². The predicted octanol–water partition coefficient (Wildman–Crippen LogP) is 7.04. The van der Waals surface area contributed by atoms with Gasteiger partial charge < -0.3 is 20.1 Å². The molecule has 3 N–H and O–H groups in total. The number of aromatic amines is 2. The lowest BCUT2D eigenvalue weighted by atomic mass is 9.87. The van der Waals surface area contributed by atoms with Crippen LogP contribution in [0.5, 0.6) is 0 Å². The first kappa shape index (κ1) is 36.3. The number of nitrogens with zero attached hydrogens (tertiary/aromatic N) is 4. The highest BCUT2D eigenvalue weighted by molar-refractivity contribution is 5.73. The Labute approximate surface area is 275 Å². The molecule has 248 valence electrons. The van der Waals surface area contributed by atoms with Crippen molar-refractivity contribution in [3.8, 4) is 11.5 Å². The van der Waals surface area contributed by atoms with E-state index in [4.69, 9.17) is 4.98 Å². The normalized spacial score (nSPS) is 18.1. The zero-order chi connectivity index (χ0) is 33.8. The summed E-state index contributed by atoms with van der Waals surface area (Å²) in [6.45, 7) is 29.8. The van der Waals surface area contributed by atoms with Crippen LogP contribution in [0.15, 0.2) is 79.2 Å². The second-order valence-electron chi connectivity index (χ2n) is 11.6. The zero-order valence-corrected chi connectivity index (χ0v) is 28.9. The Balaban J connectivity index is 0.00000282. The fourth-order valence-electron chi connectivity index (χ4n) is 5.95. The number of imidazole rings is 1. The van der Waals surface area contributed by atoms with Crippen molar-refractivity contribution in [2.75, 3.05) is 33.2 Å². The molecule has 1 saturated heterocycles. The van der Waals surface area contributed by atoms with Gasteiger partial charge in [-0.3, -0.25) is 5.10 Å². The van der Waals surface area contributed by atoms with Gasteiger partial charge in [0.25, 0.3) is 0 Å². The molecule has 0 aromatic carbocycles. The Bertz CT molecular complexity index is 1600. The van der Waals surface area contributed by atoms with Crippen molar-refractivity contribution in [1.29, 1.82) is 0 Å². The van der Waals surface area contributed by atoms with Crippen molar-refractivity contribution in [3.05, 3.63) is 101 Å². The molecule has 0 unspecified atom stereocenters. The van der Waals surface area contributed by atoms with Gasteiger partial charge in [-0.15, -0.1) is 0 Å². The summed E-state index contributed by atoms with van der Waals surface area (Å²) >= 11 is 0. The third-order valence-corrected chi connectivity index (χ3v) is 8.63. The zero-order valence-electron chi connectivity index (χ0n) is 28.9. The van der Waals surface area contributed by atoms with Crippen molar-refractivity contribution in [3.63, 3.8) is 0 Å². The molecule has 0 spiro atoms. The van der Waals surface area contributed by atoms with Crippen LogP contribution >= 0.6 is 0 Å². The number of piperazine rings is 1. The second-order valence-corrected chi connectivity index (χ2v) is 11.6. The Morgan fingerprint density at radius 1 is 1.04 bits per heavy atom. The number of rotatable bonds is 11. The number of hydrogen-bond donors (Lipinski definition) is 3. The van der Waals surface area contributed by atoms with Crippen LogP contribution in [0.25, 0.3) is 29.1 Å². The Kier molecular flexibility index (Phi) is 13.8. The average Bonchev–Trinajstić information content (AvgIpc) is 3.69. The van der Waals surface area contributed by atoms with Gasteiger partial charge in [0.2, 0.25) is 0 Å². The Morgan fingerprint density at radius 2 is 1.72 bits per heavy atom. The molecule has 1 saturated carbocycles. The molecule has 7 nitrogen and oxygen atoms in total. The molecule has 2 aliphatic rings. The van der Waals surface area contributed by atoms with Crippen LogP contribution in [0.3, 0.4) is 0 Å². The largest absolute Gasteiger partial charge is 0.367 e. The third-order valence-electron chi connectivity index (χ3n) is 8.63. The molecule has 1 aliphatic carbocycles. The van der Waals surface area contributed by atoms with E-state index in [9.17, 15) is 0 Å². The SMILES string of the molecule is C=C/C=C(\c1nc(-c2n[nH]c(=C/C)/c2=C(/F)C(=C)C(/C=C(\C=C)NC(=C)C2CCCCC2)=C/C)[nH]c1C)N1CCN(C)CC1.CC. The Morgan fingerprint density at radius 3 is 2.30 bits per heavy atom. The second kappa shape index (κ2) is 17.5. The highest BCUT2D eigenvalue weighted by atomic mass is 19.1. The first-order chi connectivity index (χ1) is 22.2. The summed E-state index contributed by atoms with van der Waals surface area (Å²) in [6, 6.07) is 0. The summed E-state index contributed by atoms with van der Waals surface area (Å²) < 4.78 is 16.5. The van der Waals surface area contributed by atoms with Crippen LogP contribution in [0.4, 0.5) is 4.39 Å². The van der Waals surface area contributed by atoms with Gasteiger partial charge >= 0.3 is 0 Å². The molecule has 0 bridgehead atoms. The fourth-order valence-corrected chi connectivity index (χ4v) is 5.95. The summed E-state index contributed by atoms with van der Waals surface area (Å²) in [7, 11) is 2.13. The number of nitrogens with one attached hydrogen (secondary N) is 3. The lowest BCUT2D eigenvalue weighted by Crippen LogP contribution is -2.43. The highest BCUT2D eigenvalue weighted by Gasteiger charge is 2.23. The maximum absolute atomic E-state index is 16.5. The van der Waals surface area contributed by atoms with Gasteiger partial charge in [0.15, 0.2) is 5.82 Å². The van der Waals surface area contributed by atoms with Crippen LogP contribution in [-0.2, 0) is 0 Å². The number of aryl methyl sites for hydroxylation is 1. The van der Waals surface area contributed by atoms with Crippen molar-refractivity contribution in [2.45, 2.75) is 66.7 Å². The van der Waals surface area contributed by atoms with Crippen molar-refractivity contribution in [2.24, 2.45) is 5.92 Å². The molecule has 2 fully saturated rings. The van der Waals surface area contributed by atoms with Crippen LogP contribution in [0.1, 0.15) is 71.2 Å². The lowest BCUT2D eigenvalue weighted by Gasteiger charge is -2.35. The molecule has 3 heterocycles. The summed E-state index contributed by atoms with van der Waals surface area (Å²) in [5.41, 5.74) is 5.68. The van der Waals surface area contributed by atoms with Gasteiger partial charge in [-0.05, 0) is 70.4 Å². The molecule has 2 aromatic rings. The van der Waals surface area contributed by atoms with E-state index in [1.807, 2.05) is 52.8 Å². The van der Waals surface area contributed by atoms with Crippen LogP contribution < -0.4 is 15.9 Å². The molecule has 2 aromatic heterocycles. The van der Waals surface area contributed by atoms with E-state index in [2.05, 4.69) is 63.7 Å². The minimum absolute atomic E-state index is 0.246. The van der Waals surface area contributed by atoms with Crippen molar-refractivity contribution < 1.29 is 4.39 Å². The topological polar surface area (TPSA) is 75.9 Å². The molecular weight excluding hydrogens is 573 g/mol. The van der Waals surface area contributed by atoms with Crippen LogP contribution in [-0.4, -0.2) is 63.2 Å². The van der Waals surface area contributed by atoms with Crippen molar-refractivity contribution >= 4 is 17.6 Å². The summed E-state index contributed by atoms with van der Waals surface area (Å²) in [6.07, 6.45) is 17.0. The van der Waals surface area contributed by atoms with E-state index in [0.29, 0.717) is 33.6 Å². The maximum Gasteiger partial charge on any atom is 0.159 e. The number of hydrogen-bond acceptors (Lipinski definition) is 5. The number of likely N-dealkylation sites (N-methyl/N-ethyl adjacent to an activating group) is 1. The first-order valence-electron chi connectivity index (χ1n) is 16.6. The molecule has 46 heavy (non-hydrogen) atoms. The van der Waals surface area contributed by atoms with E-state index in [-0.39, 0.29) is 5.57 Å². The molecule has 4 rings (SSSR count). The van der Waals surface area contributed by atoms with Crippen LogP contribution in [0.2, 0.25) is 0 Å². The Hall–Kier alpha value is -4.17. The standard InChI is InChI=1S/C36H48FN7.C2H6/c1-9-16-31(44-21-19-43(8)20-22-44)34-26(7)39-36(40-34)35-32(30(12-4)41-42-35)33(37)24(5)27(10-2)23-29(11-3)38-25(6)28-17-14-13-15-18-28;1-2/h9-12,16,23,28,38,41H,1,3,5-6,13-15,17-22H2,2,4,7-8H3,(H,39,40);1-2H3/b27-10+,29-23+,30-12+,31-16+,33-32-;. The quantitative estimate of drug-likeness (QED) is 0.233. The molecule has 0 radical (unpaired) electrons. The van der Waals surface area contributed by atoms with E-state index < -0.39 is 5.83 Å². The molecular formula is C38H54FN7. The summed E-state index contributed by atoms with van der Waals surface area (Å²) in [5, 5.41) is 11.8. The van der Waals surface area contributed by atoms with Gasteiger partial charge in [-0.2, -0.15) is 5.10 Å². The fraction of sp³-hybridized carbons (Fsp3) is 0.421. The monoisotopic (exact) mass is 627 g/mol. The van der Waals surface area contributed by atoms with E-state index >= 15 is 4.39 Å². The number of allylic oxidation sites excluding steroid dienone is 8. The highest BCUT2D eigenvalue weighted by Crippen LogP contribution is 2.29. The minimum Gasteiger partial charge on any atom is -0.367 e. The number of H-pyrrole nitrogens is 2. The molecule has 0 amide bonds. The van der Waals surface area contributed by atoms with Gasteiger partial charge in [-0.1, -0.05) is 77.7 Å².